The van der Waals surface area contributed by atoms with Crippen molar-refractivity contribution in [3.05, 3.63) is 46.2 Å². The summed E-state index contributed by atoms with van der Waals surface area (Å²) in [4.78, 5) is 54.7. The molecule has 0 aromatic carbocycles. The first-order chi connectivity index (χ1) is 18.1. The number of aryl methyl sites for hydroxylation is 1. The Morgan fingerprint density at radius 2 is 1.82 bits per heavy atom. The highest BCUT2D eigenvalue weighted by atomic mass is 32.1. The van der Waals surface area contributed by atoms with E-state index in [0.717, 1.165) is 33.7 Å². The van der Waals surface area contributed by atoms with E-state index in [-0.39, 0.29) is 47.2 Å². The molecule has 2 aliphatic heterocycles. The molecule has 3 fully saturated rings. The fraction of sp³-hybridized carbons (Fsp3) is 0.429. The number of fused-ring (bicyclic) bond motifs is 2. The lowest BCUT2D eigenvalue weighted by molar-refractivity contribution is -0.143. The van der Waals surface area contributed by atoms with Crippen LogP contribution in [0.15, 0.2) is 24.4 Å². The van der Waals surface area contributed by atoms with Crippen LogP contribution in [0, 0.1) is 35.5 Å². The first kappa shape index (κ1) is 24.6. The molecule has 5 heterocycles. The summed E-state index contributed by atoms with van der Waals surface area (Å²) in [6.07, 6.45) is 1.68. The van der Waals surface area contributed by atoms with Crippen LogP contribution in [0.5, 0.6) is 0 Å². The van der Waals surface area contributed by atoms with Crippen LogP contribution in [0.25, 0.3) is 21.3 Å². The smallest absolute Gasteiger partial charge is 0.256 e. The van der Waals surface area contributed by atoms with E-state index in [1.165, 1.54) is 16.2 Å². The number of thiophene rings is 1. The fourth-order valence-corrected chi connectivity index (χ4v) is 7.10. The summed E-state index contributed by atoms with van der Waals surface area (Å²) < 4.78 is 0.842. The zero-order chi connectivity index (χ0) is 26.9. The second-order valence-corrected chi connectivity index (χ2v) is 12.2. The minimum Gasteiger partial charge on any atom is -0.336 e. The zero-order valence-corrected chi connectivity index (χ0v) is 22.6. The van der Waals surface area contributed by atoms with Gasteiger partial charge in [0.25, 0.3) is 5.91 Å². The number of nitriles is 1. The Kier molecular flexibility index (Phi) is 5.63. The number of likely N-dealkylation sites (tertiary alicyclic amines) is 1. The molecule has 194 valence electrons. The second-order valence-electron chi connectivity index (χ2n) is 11.0. The lowest BCUT2D eigenvalue weighted by Crippen LogP contribution is -2.47. The van der Waals surface area contributed by atoms with Crippen molar-refractivity contribution < 1.29 is 14.4 Å². The first-order valence-electron chi connectivity index (χ1n) is 12.7. The molecule has 6 rings (SSSR count). The molecule has 0 N–H and O–H groups in total. The van der Waals surface area contributed by atoms with Gasteiger partial charge in [-0.3, -0.25) is 24.3 Å². The topological polar surface area (TPSA) is 110 Å². The van der Waals surface area contributed by atoms with Crippen molar-refractivity contribution in [2.45, 2.75) is 27.3 Å². The molecule has 38 heavy (non-hydrogen) atoms. The molecule has 3 aromatic rings. The van der Waals surface area contributed by atoms with Gasteiger partial charge in [-0.1, -0.05) is 13.8 Å². The number of carbonyl (C=O) groups excluding carboxylic acids is 3. The van der Waals surface area contributed by atoms with E-state index in [2.05, 4.69) is 20.9 Å². The van der Waals surface area contributed by atoms with E-state index < -0.39 is 0 Å². The highest BCUT2D eigenvalue weighted by Gasteiger charge is 2.72. The molecule has 2 unspecified atom stereocenters. The van der Waals surface area contributed by atoms with Gasteiger partial charge in [0.1, 0.15) is 11.8 Å². The van der Waals surface area contributed by atoms with Gasteiger partial charge < -0.3 is 9.80 Å². The van der Waals surface area contributed by atoms with Crippen LogP contribution in [-0.4, -0.2) is 75.6 Å². The molecule has 1 aliphatic carbocycles. The van der Waals surface area contributed by atoms with Crippen molar-refractivity contribution in [2.24, 2.45) is 17.3 Å². The molecular formula is C28H28N6O3S. The summed E-state index contributed by atoms with van der Waals surface area (Å²) >= 11 is 1.46. The third-order valence-electron chi connectivity index (χ3n) is 8.28. The van der Waals surface area contributed by atoms with Gasteiger partial charge in [0, 0.05) is 48.4 Å². The Hall–Kier alpha value is -3.68. The standard InChI is InChI=1S/C28H28N6O3S/c1-15-21(25(35)33-9-7-32(4)8-10-33)19(11-16(13-29)31-15)18-5-6-30-20-12-17(38-24(18)20)14-34-26(36)22-23(27(34)37)28(22,2)3/h5-6,11-12,22-23H,7-10,14H2,1-4H3. The van der Waals surface area contributed by atoms with Gasteiger partial charge in [-0.15, -0.1) is 11.3 Å². The number of pyridine rings is 2. The highest BCUT2D eigenvalue weighted by molar-refractivity contribution is 7.19. The number of aromatic nitrogens is 2. The van der Waals surface area contributed by atoms with Crippen LogP contribution in [0.2, 0.25) is 0 Å². The van der Waals surface area contributed by atoms with Crippen LogP contribution in [0.3, 0.4) is 0 Å². The Morgan fingerprint density at radius 1 is 1.13 bits per heavy atom. The van der Waals surface area contributed by atoms with Crippen LogP contribution in [0.1, 0.15) is 40.5 Å². The van der Waals surface area contributed by atoms with Gasteiger partial charge in [-0.25, -0.2) is 4.98 Å². The second kappa shape index (κ2) is 8.68. The maximum atomic E-state index is 13.7. The molecule has 3 amide bonds. The lowest BCUT2D eigenvalue weighted by Gasteiger charge is -2.33. The summed E-state index contributed by atoms with van der Waals surface area (Å²) in [5.74, 6) is -0.728. The molecule has 0 radical (unpaired) electrons. The van der Waals surface area contributed by atoms with Crippen LogP contribution in [0.4, 0.5) is 0 Å². The summed E-state index contributed by atoms with van der Waals surface area (Å²) in [7, 11) is 2.04. The molecule has 3 aromatic heterocycles. The summed E-state index contributed by atoms with van der Waals surface area (Å²) in [5, 5.41) is 9.64. The molecule has 3 aliphatic rings. The number of amides is 3. The molecule has 2 saturated heterocycles. The number of nitrogens with zero attached hydrogens (tertiary/aromatic N) is 6. The van der Waals surface area contributed by atoms with Gasteiger partial charge in [-0.2, -0.15) is 5.26 Å². The van der Waals surface area contributed by atoms with E-state index in [1.807, 2.05) is 37.9 Å². The SMILES string of the molecule is Cc1nc(C#N)cc(-c2ccnc3cc(CN4C(=O)C5C(C4=O)C5(C)C)sc23)c1C(=O)N1CCN(C)CC1. The summed E-state index contributed by atoms with van der Waals surface area (Å²) in [5.41, 5.74) is 3.15. The zero-order valence-electron chi connectivity index (χ0n) is 21.8. The lowest BCUT2D eigenvalue weighted by atomic mass is 9.97. The molecular weight excluding hydrogens is 500 g/mol. The van der Waals surface area contributed by atoms with Gasteiger partial charge in [0.05, 0.1) is 39.9 Å². The van der Waals surface area contributed by atoms with Crippen molar-refractivity contribution in [3.63, 3.8) is 0 Å². The molecule has 2 atom stereocenters. The van der Waals surface area contributed by atoms with Crippen molar-refractivity contribution in [1.82, 2.24) is 24.7 Å². The Morgan fingerprint density at radius 3 is 2.47 bits per heavy atom. The first-order valence-corrected chi connectivity index (χ1v) is 13.6. The van der Waals surface area contributed by atoms with Crippen LogP contribution in [-0.2, 0) is 16.1 Å². The minimum atomic E-state index is -0.246. The number of piperazine rings is 1. The molecule has 9 nitrogen and oxygen atoms in total. The number of hydrogen-bond donors (Lipinski definition) is 0. The van der Waals surface area contributed by atoms with E-state index in [1.54, 1.807) is 19.2 Å². The van der Waals surface area contributed by atoms with E-state index in [9.17, 15) is 19.6 Å². The van der Waals surface area contributed by atoms with Gasteiger partial charge in [-0.05, 0) is 37.6 Å². The highest BCUT2D eigenvalue weighted by Crippen LogP contribution is 2.63. The third-order valence-corrected chi connectivity index (χ3v) is 9.42. The maximum Gasteiger partial charge on any atom is 0.256 e. The monoisotopic (exact) mass is 528 g/mol. The Labute approximate surface area is 224 Å². The third kappa shape index (κ3) is 3.72. The van der Waals surface area contributed by atoms with Gasteiger partial charge in [0.15, 0.2) is 0 Å². The minimum absolute atomic E-state index is 0.0977. The number of rotatable bonds is 4. The van der Waals surface area contributed by atoms with Gasteiger partial charge in [0.2, 0.25) is 11.8 Å². The molecule has 0 bridgehead atoms. The predicted molar refractivity (Wildman–Crippen MR) is 142 cm³/mol. The number of imide groups is 1. The Balaban J connectivity index is 1.39. The number of carbonyl (C=O) groups is 3. The molecule has 10 heteroatoms. The largest absolute Gasteiger partial charge is 0.336 e. The normalized spacial score (nSPS) is 22.6. The van der Waals surface area contributed by atoms with E-state index in [4.69, 9.17) is 0 Å². The quantitative estimate of drug-likeness (QED) is 0.479. The average Bonchev–Trinajstić information content (AvgIpc) is 3.13. The Bertz CT molecular complexity index is 1540. The van der Waals surface area contributed by atoms with Crippen molar-refractivity contribution in [3.8, 4) is 17.2 Å². The number of piperidine rings is 1. The fourth-order valence-electron chi connectivity index (χ4n) is 5.97. The van der Waals surface area contributed by atoms with Gasteiger partial charge >= 0.3 is 0 Å². The van der Waals surface area contributed by atoms with Crippen molar-refractivity contribution >= 4 is 39.3 Å². The van der Waals surface area contributed by atoms with Crippen LogP contribution >= 0.6 is 11.3 Å². The van der Waals surface area contributed by atoms with Crippen molar-refractivity contribution in [2.75, 3.05) is 33.2 Å². The van der Waals surface area contributed by atoms with E-state index in [0.29, 0.717) is 29.9 Å². The molecule has 1 saturated carbocycles. The predicted octanol–water partition coefficient (Wildman–Crippen LogP) is 3.07. The average molecular weight is 529 g/mol. The summed E-state index contributed by atoms with van der Waals surface area (Å²) in [6, 6.07) is 7.55. The van der Waals surface area contributed by atoms with Crippen molar-refractivity contribution in [1.29, 1.82) is 5.26 Å². The number of hydrogen-bond acceptors (Lipinski definition) is 8. The number of likely N-dealkylation sites (N-methyl/N-ethyl adjacent to an activating group) is 1. The summed E-state index contributed by atoms with van der Waals surface area (Å²) in [6.45, 7) is 8.77. The molecule has 0 spiro atoms. The maximum absolute atomic E-state index is 13.7. The van der Waals surface area contributed by atoms with Crippen LogP contribution < -0.4 is 0 Å². The van der Waals surface area contributed by atoms with E-state index >= 15 is 0 Å².